The third kappa shape index (κ3) is 2.61. The highest BCUT2D eigenvalue weighted by Gasteiger charge is 2.14. The maximum absolute atomic E-state index is 12.2. The Balaban J connectivity index is 2.19. The number of benzene rings is 2. The third-order valence-electron chi connectivity index (χ3n) is 3.48. The molecular formula is C17H12ClNO3. The number of aromatic carboxylic acids is 1. The molecule has 0 saturated heterocycles. The Morgan fingerprint density at radius 2 is 1.77 bits per heavy atom. The molecule has 3 rings (SSSR count). The van der Waals surface area contributed by atoms with Crippen molar-refractivity contribution < 1.29 is 9.90 Å². The van der Waals surface area contributed by atoms with Crippen molar-refractivity contribution in [2.75, 3.05) is 0 Å². The van der Waals surface area contributed by atoms with E-state index >= 15 is 0 Å². The molecule has 0 bridgehead atoms. The average molecular weight is 314 g/mol. The van der Waals surface area contributed by atoms with E-state index in [2.05, 4.69) is 0 Å². The predicted molar refractivity (Wildman–Crippen MR) is 85.7 cm³/mol. The van der Waals surface area contributed by atoms with Crippen LogP contribution in [0.4, 0.5) is 0 Å². The summed E-state index contributed by atoms with van der Waals surface area (Å²) in [5, 5.41) is 10.3. The first kappa shape index (κ1) is 14.4. The number of carbonyl (C=O) groups is 1. The highest BCUT2D eigenvalue weighted by atomic mass is 35.5. The summed E-state index contributed by atoms with van der Waals surface area (Å²) in [6.07, 6.45) is 1.39. The van der Waals surface area contributed by atoms with Crippen LogP contribution in [0.3, 0.4) is 0 Å². The van der Waals surface area contributed by atoms with Crippen molar-refractivity contribution in [3.05, 3.63) is 81.1 Å². The number of pyridine rings is 1. The summed E-state index contributed by atoms with van der Waals surface area (Å²) in [7, 11) is 0. The lowest BCUT2D eigenvalue weighted by Gasteiger charge is -2.12. The summed E-state index contributed by atoms with van der Waals surface area (Å²) in [5.41, 5.74) is 0.977. The molecule has 0 amide bonds. The molecule has 0 aliphatic heterocycles. The molecule has 1 N–H and O–H groups in total. The number of hydrogen-bond acceptors (Lipinski definition) is 2. The van der Waals surface area contributed by atoms with Crippen molar-refractivity contribution in [2.24, 2.45) is 0 Å². The maximum atomic E-state index is 12.2. The molecule has 0 saturated carbocycles. The Kier molecular flexibility index (Phi) is 3.69. The second-order valence-corrected chi connectivity index (χ2v) is 5.39. The highest BCUT2D eigenvalue weighted by Crippen LogP contribution is 2.16. The zero-order chi connectivity index (χ0) is 15.7. The van der Waals surface area contributed by atoms with Gasteiger partial charge in [0.1, 0.15) is 5.56 Å². The monoisotopic (exact) mass is 313 g/mol. The Bertz CT molecular complexity index is 913. The van der Waals surface area contributed by atoms with Gasteiger partial charge in [0, 0.05) is 23.2 Å². The fourth-order valence-electron chi connectivity index (χ4n) is 2.41. The van der Waals surface area contributed by atoms with E-state index in [9.17, 15) is 14.7 Å². The molecule has 0 unspecified atom stereocenters. The maximum Gasteiger partial charge on any atom is 0.341 e. The first-order chi connectivity index (χ1) is 10.6. The normalized spacial score (nSPS) is 10.8. The van der Waals surface area contributed by atoms with Gasteiger partial charge in [-0.2, -0.15) is 0 Å². The quantitative estimate of drug-likeness (QED) is 0.806. The van der Waals surface area contributed by atoms with Gasteiger partial charge in [-0.1, -0.05) is 35.9 Å². The summed E-state index contributed by atoms with van der Waals surface area (Å²) in [5.74, 6) is -1.22. The summed E-state index contributed by atoms with van der Waals surface area (Å²) >= 11 is 5.87. The lowest BCUT2D eigenvalue weighted by Crippen LogP contribution is -2.19. The summed E-state index contributed by atoms with van der Waals surface area (Å²) in [6, 6.07) is 14.3. The van der Waals surface area contributed by atoms with E-state index in [1.54, 1.807) is 34.9 Å². The fraction of sp³-hybridized carbons (Fsp3) is 0.0588. The molecule has 0 fully saturated rings. The van der Waals surface area contributed by atoms with Crippen LogP contribution in [0.5, 0.6) is 0 Å². The first-order valence-corrected chi connectivity index (χ1v) is 7.04. The minimum atomic E-state index is -1.22. The largest absolute Gasteiger partial charge is 0.477 e. The number of hydrogen-bond donors (Lipinski definition) is 1. The van der Waals surface area contributed by atoms with Crippen molar-refractivity contribution >= 4 is 28.5 Å². The lowest BCUT2D eigenvalue weighted by atomic mass is 10.1. The molecule has 0 atom stereocenters. The average Bonchev–Trinajstić information content (AvgIpc) is 2.52. The summed E-state index contributed by atoms with van der Waals surface area (Å²) in [4.78, 5) is 23.5. The van der Waals surface area contributed by atoms with E-state index < -0.39 is 11.4 Å². The van der Waals surface area contributed by atoms with Crippen molar-refractivity contribution in [2.45, 2.75) is 6.54 Å². The molecular weight excluding hydrogens is 302 g/mol. The lowest BCUT2D eigenvalue weighted by molar-refractivity contribution is 0.0695. The number of carboxylic acids is 1. The number of rotatable bonds is 3. The number of carboxylic acid groups (broad SMARTS) is 1. The molecule has 1 heterocycles. The van der Waals surface area contributed by atoms with Crippen LogP contribution in [0.1, 0.15) is 15.9 Å². The van der Waals surface area contributed by atoms with Crippen LogP contribution >= 0.6 is 11.6 Å². The summed E-state index contributed by atoms with van der Waals surface area (Å²) in [6.45, 7) is 0.457. The number of aromatic nitrogens is 1. The zero-order valence-corrected chi connectivity index (χ0v) is 12.2. The van der Waals surface area contributed by atoms with Crippen molar-refractivity contribution in [3.63, 3.8) is 0 Å². The van der Waals surface area contributed by atoms with Gasteiger partial charge in [-0.25, -0.2) is 4.79 Å². The highest BCUT2D eigenvalue weighted by molar-refractivity contribution is 6.30. The van der Waals surface area contributed by atoms with E-state index in [1.165, 1.54) is 6.20 Å². The minimum Gasteiger partial charge on any atom is -0.477 e. The van der Waals surface area contributed by atoms with Crippen molar-refractivity contribution in [3.8, 4) is 0 Å². The number of para-hydroxylation sites is 1. The molecule has 3 aromatic rings. The first-order valence-electron chi connectivity index (χ1n) is 6.66. The molecule has 2 aromatic carbocycles. The van der Waals surface area contributed by atoms with Crippen LogP contribution in [0, 0.1) is 0 Å². The predicted octanol–water partition coefficient (Wildman–Crippen LogP) is 3.40. The van der Waals surface area contributed by atoms with Gasteiger partial charge in [-0.05, 0) is 29.8 Å². The molecule has 0 spiro atoms. The number of halogens is 1. The summed E-state index contributed by atoms with van der Waals surface area (Å²) < 4.78 is 1.77. The Hall–Kier alpha value is -2.59. The van der Waals surface area contributed by atoms with Crippen LogP contribution in [0.25, 0.3) is 10.9 Å². The van der Waals surface area contributed by atoms with E-state index in [0.29, 0.717) is 22.5 Å². The smallest absolute Gasteiger partial charge is 0.341 e. The van der Waals surface area contributed by atoms with Gasteiger partial charge in [0.2, 0.25) is 5.43 Å². The van der Waals surface area contributed by atoms with Crippen molar-refractivity contribution in [1.82, 2.24) is 4.57 Å². The molecule has 22 heavy (non-hydrogen) atoms. The second-order valence-electron chi connectivity index (χ2n) is 4.95. The van der Waals surface area contributed by atoms with E-state index in [0.717, 1.165) is 5.56 Å². The second kappa shape index (κ2) is 5.66. The Morgan fingerprint density at radius 3 is 2.45 bits per heavy atom. The molecule has 4 nitrogen and oxygen atoms in total. The van der Waals surface area contributed by atoms with Crippen LogP contribution in [-0.2, 0) is 6.54 Å². The van der Waals surface area contributed by atoms with Crippen LogP contribution in [0.15, 0.2) is 59.5 Å². The topological polar surface area (TPSA) is 59.3 Å². The van der Waals surface area contributed by atoms with Crippen LogP contribution in [0.2, 0.25) is 5.02 Å². The van der Waals surface area contributed by atoms with Gasteiger partial charge >= 0.3 is 5.97 Å². The van der Waals surface area contributed by atoms with Gasteiger partial charge < -0.3 is 9.67 Å². The van der Waals surface area contributed by atoms with Gasteiger partial charge in [0.15, 0.2) is 0 Å². The zero-order valence-electron chi connectivity index (χ0n) is 11.5. The van der Waals surface area contributed by atoms with E-state index in [1.807, 2.05) is 18.2 Å². The van der Waals surface area contributed by atoms with Gasteiger partial charge in [-0.15, -0.1) is 0 Å². The van der Waals surface area contributed by atoms with Gasteiger partial charge in [0.05, 0.1) is 5.52 Å². The van der Waals surface area contributed by atoms with Crippen LogP contribution in [-0.4, -0.2) is 15.6 Å². The molecule has 110 valence electrons. The molecule has 0 radical (unpaired) electrons. The molecule has 1 aromatic heterocycles. The van der Waals surface area contributed by atoms with Crippen molar-refractivity contribution in [1.29, 1.82) is 0 Å². The fourth-order valence-corrected chi connectivity index (χ4v) is 2.54. The number of fused-ring (bicyclic) bond motifs is 1. The third-order valence-corrected chi connectivity index (χ3v) is 3.74. The molecule has 0 aliphatic rings. The standard InChI is InChI=1S/C17H12ClNO3/c18-12-7-5-11(6-8-12)9-19-10-14(17(21)22)16(20)13-3-1-2-4-15(13)19/h1-8,10H,9H2,(H,21,22). The number of nitrogens with zero attached hydrogens (tertiary/aromatic N) is 1. The van der Waals surface area contributed by atoms with Gasteiger partial charge in [0.25, 0.3) is 0 Å². The van der Waals surface area contributed by atoms with E-state index in [-0.39, 0.29) is 5.56 Å². The molecule has 5 heteroatoms. The minimum absolute atomic E-state index is 0.229. The SMILES string of the molecule is O=C(O)c1cn(Cc2ccc(Cl)cc2)c2ccccc2c1=O. The van der Waals surface area contributed by atoms with Gasteiger partial charge in [-0.3, -0.25) is 4.79 Å². The Morgan fingerprint density at radius 1 is 1.09 bits per heavy atom. The van der Waals surface area contributed by atoms with E-state index in [4.69, 9.17) is 11.6 Å². The van der Waals surface area contributed by atoms with Crippen LogP contribution < -0.4 is 5.43 Å². The Labute approximate surface area is 131 Å². The molecule has 0 aliphatic carbocycles.